The van der Waals surface area contributed by atoms with Gasteiger partial charge in [-0.25, -0.2) is 4.98 Å². The fourth-order valence-corrected chi connectivity index (χ4v) is 2.90. The summed E-state index contributed by atoms with van der Waals surface area (Å²) in [5.41, 5.74) is 6.73. The molecule has 2 N–H and O–H groups in total. The first kappa shape index (κ1) is 11.0. The fraction of sp³-hybridized carbons (Fsp3) is 0.727. The predicted molar refractivity (Wildman–Crippen MR) is 64.0 cm³/mol. The normalized spacial score (nSPS) is 22.4. The van der Waals surface area contributed by atoms with Crippen LogP contribution in [0.5, 0.6) is 0 Å². The molecule has 0 radical (unpaired) electrons. The highest BCUT2D eigenvalue weighted by Gasteiger charge is 2.20. The summed E-state index contributed by atoms with van der Waals surface area (Å²) in [6.45, 7) is 5.25. The molecule has 1 aliphatic rings. The molecule has 0 bridgehead atoms. The summed E-state index contributed by atoms with van der Waals surface area (Å²) in [6.07, 6.45) is 3.58. The Balaban J connectivity index is 1.92. The van der Waals surface area contributed by atoms with Crippen molar-refractivity contribution >= 4 is 11.3 Å². The van der Waals surface area contributed by atoms with Crippen LogP contribution in [0, 0.1) is 0 Å². The first-order valence-corrected chi connectivity index (χ1v) is 6.55. The van der Waals surface area contributed by atoms with E-state index in [0.717, 1.165) is 19.0 Å². The smallest absolute Gasteiger partial charge is 0.0941 e. The highest BCUT2D eigenvalue weighted by Crippen LogP contribution is 2.20. The Bertz CT molecular complexity index is 311. The van der Waals surface area contributed by atoms with Gasteiger partial charge in [-0.3, -0.25) is 4.90 Å². The maximum atomic E-state index is 5.51. The van der Waals surface area contributed by atoms with Crippen molar-refractivity contribution in [3.8, 4) is 0 Å². The second-order valence-electron chi connectivity index (χ2n) is 4.23. The molecule has 2 rings (SSSR count). The number of nitrogens with two attached hydrogens (primary N) is 1. The molecule has 0 spiro atoms. The summed E-state index contributed by atoms with van der Waals surface area (Å²) in [7, 11) is 0. The lowest BCUT2D eigenvalue weighted by Gasteiger charge is -2.19. The van der Waals surface area contributed by atoms with E-state index in [2.05, 4.69) is 22.2 Å². The maximum Gasteiger partial charge on any atom is 0.0941 e. The largest absolute Gasteiger partial charge is 0.330 e. The average molecular weight is 225 g/mol. The van der Waals surface area contributed by atoms with Crippen LogP contribution in [0.2, 0.25) is 0 Å². The number of thiazole rings is 1. The molecule has 1 saturated heterocycles. The lowest BCUT2D eigenvalue weighted by Crippen LogP contribution is -2.26. The Hall–Kier alpha value is -0.450. The van der Waals surface area contributed by atoms with E-state index in [1.54, 1.807) is 11.3 Å². The molecular formula is C11H19N3S. The van der Waals surface area contributed by atoms with Crippen LogP contribution in [0.1, 0.15) is 30.5 Å². The van der Waals surface area contributed by atoms with Crippen LogP contribution in [-0.4, -0.2) is 29.0 Å². The van der Waals surface area contributed by atoms with Gasteiger partial charge in [0.25, 0.3) is 0 Å². The molecule has 1 aromatic heterocycles. The van der Waals surface area contributed by atoms with Crippen LogP contribution >= 0.6 is 11.3 Å². The van der Waals surface area contributed by atoms with Crippen molar-refractivity contribution in [1.82, 2.24) is 9.88 Å². The number of hydrogen-bond donors (Lipinski definition) is 1. The summed E-state index contributed by atoms with van der Waals surface area (Å²) in [5.74, 6) is 0. The number of nitrogens with zero attached hydrogens (tertiary/aromatic N) is 2. The standard InChI is InChI=1S/C11H19N3S/c1-9-3-2-6-14(9)7-10-8-15-11(13-10)4-5-12/h8-9H,2-7,12H2,1H3. The quantitative estimate of drug-likeness (QED) is 0.847. The van der Waals surface area contributed by atoms with Gasteiger partial charge in [0, 0.05) is 24.4 Å². The number of hydrogen-bond acceptors (Lipinski definition) is 4. The molecule has 84 valence electrons. The summed E-state index contributed by atoms with van der Waals surface area (Å²) < 4.78 is 0. The molecule has 0 aromatic carbocycles. The molecule has 1 aromatic rings. The lowest BCUT2D eigenvalue weighted by molar-refractivity contribution is 0.257. The summed E-state index contributed by atoms with van der Waals surface area (Å²) >= 11 is 1.74. The van der Waals surface area contributed by atoms with E-state index in [1.807, 2.05) is 0 Å². The van der Waals surface area contributed by atoms with E-state index >= 15 is 0 Å². The van der Waals surface area contributed by atoms with Gasteiger partial charge in [-0.1, -0.05) is 0 Å². The third kappa shape index (κ3) is 2.77. The Morgan fingerprint density at radius 2 is 2.53 bits per heavy atom. The molecule has 1 fully saturated rings. The van der Waals surface area contributed by atoms with E-state index in [9.17, 15) is 0 Å². The monoisotopic (exact) mass is 225 g/mol. The highest BCUT2D eigenvalue weighted by atomic mass is 32.1. The fourth-order valence-electron chi connectivity index (χ4n) is 2.10. The topological polar surface area (TPSA) is 42.1 Å². The van der Waals surface area contributed by atoms with Gasteiger partial charge in [-0.15, -0.1) is 11.3 Å². The predicted octanol–water partition coefficient (Wildman–Crippen LogP) is 1.63. The highest BCUT2D eigenvalue weighted by molar-refractivity contribution is 7.09. The van der Waals surface area contributed by atoms with Gasteiger partial charge in [0.05, 0.1) is 10.7 Å². The molecule has 2 heterocycles. The van der Waals surface area contributed by atoms with Crippen molar-refractivity contribution in [3.63, 3.8) is 0 Å². The van der Waals surface area contributed by atoms with Crippen molar-refractivity contribution < 1.29 is 0 Å². The van der Waals surface area contributed by atoms with Crippen LogP contribution in [-0.2, 0) is 13.0 Å². The second-order valence-corrected chi connectivity index (χ2v) is 5.18. The molecule has 0 saturated carbocycles. The molecule has 4 heteroatoms. The third-order valence-corrected chi connectivity index (χ3v) is 3.97. The van der Waals surface area contributed by atoms with Gasteiger partial charge in [0.1, 0.15) is 0 Å². The van der Waals surface area contributed by atoms with Gasteiger partial charge >= 0.3 is 0 Å². The van der Waals surface area contributed by atoms with E-state index in [0.29, 0.717) is 6.54 Å². The van der Waals surface area contributed by atoms with Crippen molar-refractivity contribution in [1.29, 1.82) is 0 Å². The minimum atomic E-state index is 0.701. The van der Waals surface area contributed by atoms with Crippen molar-refractivity contribution in [2.24, 2.45) is 5.73 Å². The van der Waals surface area contributed by atoms with Gasteiger partial charge in [0.15, 0.2) is 0 Å². The molecule has 1 atom stereocenters. The van der Waals surface area contributed by atoms with Crippen molar-refractivity contribution in [2.45, 2.75) is 38.8 Å². The first-order chi connectivity index (χ1) is 7.29. The zero-order valence-electron chi connectivity index (χ0n) is 9.28. The summed E-state index contributed by atoms with van der Waals surface area (Å²) in [4.78, 5) is 7.11. The SMILES string of the molecule is CC1CCCN1Cc1csc(CCN)n1. The van der Waals surface area contributed by atoms with Gasteiger partial charge in [-0.05, 0) is 32.9 Å². The zero-order chi connectivity index (χ0) is 10.7. The van der Waals surface area contributed by atoms with Crippen molar-refractivity contribution in [2.75, 3.05) is 13.1 Å². The molecule has 3 nitrogen and oxygen atoms in total. The van der Waals surface area contributed by atoms with Crippen LogP contribution < -0.4 is 5.73 Å². The van der Waals surface area contributed by atoms with Gasteiger partial charge in [-0.2, -0.15) is 0 Å². The molecule has 0 aliphatic carbocycles. The zero-order valence-corrected chi connectivity index (χ0v) is 10.1. The van der Waals surface area contributed by atoms with Crippen molar-refractivity contribution in [3.05, 3.63) is 16.1 Å². The minimum absolute atomic E-state index is 0.701. The number of rotatable bonds is 4. The van der Waals surface area contributed by atoms with Crippen LogP contribution in [0.3, 0.4) is 0 Å². The Labute approximate surface area is 95.3 Å². The average Bonchev–Trinajstić information content (AvgIpc) is 2.79. The van der Waals surface area contributed by atoms with E-state index in [1.165, 1.54) is 30.1 Å². The summed E-state index contributed by atoms with van der Waals surface area (Å²) in [5, 5.41) is 3.36. The minimum Gasteiger partial charge on any atom is -0.330 e. The molecule has 1 aliphatic heterocycles. The molecule has 15 heavy (non-hydrogen) atoms. The maximum absolute atomic E-state index is 5.51. The van der Waals surface area contributed by atoms with E-state index < -0.39 is 0 Å². The van der Waals surface area contributed by atoms with Gasteiger partial charge in [0.2, 0.25) is 0 Å². The summed E-state index contributed by atoms with van der Waals surface area (Å²) in [6, 6.07) is 0.727. The van der Waals surface area contributed by atoms with E-state index in [4.69, 9.17) is 5.73 Å². The Morgan fingerprint density at radius 1 is 1.67 bits per heavy atom. The van der Waals surface area contributed by atoms with Crippen LogP contribution in [0.4, 0.5) is 0 Å². The number of aromatic nitrogens is 1. The second kappa shape index (κ2) is 5.05. The lowest BCUT2D eigenvalue weighted by atomic mass is 10.2. The molecule has 0 amide bonds. The Morgan fingerprint density at radius 3 is 3.20 bits per heavy atom. The van der Waals surface area contributed by atoms with Crippen LogP contribution in [0.25, 0.3) is 0 Å². The first-order valence-electron chi connectivity index (χ1n) is 5.67. The molecular weight excluding hydrogens is 206 g/mol. The van der Waals surface area contributed by atoms with E-state index in [-0.39, 0.29) is 0 Å². The van der Waals surface area contributed by atoms with Gasteiger partial charge < -0.3 is 5.73 Å². The number of likely N-dealkylation sites (tertiary alicyclic amines) is 1. The van der Waals surface area contributed by atoms with Crippen LogP contribution in [0.15, 0.2) is 5.38 Å². The third-order valence-electron chi connectivity index (χ3n) is 3.01. The Kier molecular flexibility index (Phi) is 3.72. The molecule has 1 unspecified atom stereocenters.